The summed E-state index contributed by atoms with van der Waals surface area (Å²) in [5, 5.41) is 0. The van der Waals surface area contributed by atoms with Gasteiger partial charge in [0.1, 0.15) is 7.05 Å². The van der Waals surface area contributed by atoms with Gasteiger partial charge in [0, 0.05) is 21.8 Å². The van der Waals surface area contributed by atoms with Crippen molar-refractivity contribution >= 4 is 0 Å². The molecule has 0 aliphatic rings. The van der Waals surface area contributed by atoms with Gasteiger partial charge in [0.05, 0.1) is 0 Å². The van der Waals surface area contributed by atoms with Crippen molar-refractivity contribution in [3.8, 4) is 0 Å². The first-order chi connectivity index (χ1) is 6.66. The average Bonchev–Trinajstić information content (AvgIpc) is 2.07. The summed E-state index contributed by atoms with van der Waals surface area (Å²) in [6.07, 6.45) is 0.611. The lowest BCUT2D eigenvalue weighted by Crippen LogP contribution is -2.31. The molecule has 0 bridgehead atoms. The SMILES string of the molecule is [2H]C([2H])(c1cc[n+](C)c(C)c1)C(C)(C)C. The molecule has 1 aromatic rings. The number of hydrogen-bond donors (Lipinski definition) is 0. The van der Waals surface area contributed by atoms with E-state index in [-0.39, 0.29) is 5.41 Å². The molecule has 0 atom stereocenters. The minimum Gasteiger partial charge on any atom is -0.205 e. The number of aromatic nitrogens is 1. The highest BCUT2D eigenvalue weighted by Crippen LogP contribution is 2.19. The second-order valence-corrected chi connectivity index (χ2v) is 4.54. The van der Waals surface area contributed by atoms with E-state index in [9.17, 15) is 0 Å². The maximum Gasteiger partial charge on any atom is 0.178 e. The summed E-state index contributed by atoms with van der Waals surface area (Å²) in [5.41, 5.74) is 1.44. The molecule has 1 aromatic heterocycles. The summed E-state index contributed by atoms with van der Waals surface area (Å²) in [4.78, 5) is 0. The molecule has 0 radical (unpaired) electrons. The number of pyridine rings is 1. The Bertz CT molecular complexity index is 364. The molecule has 0 N–H and O–H groups in total. The van der Waals surface area contributed by atoms with Crippen molar-refractivity contribution in [3.05, 3.63) is 29.6 Å². The molecule has 0 unspecified atom stereocenters. The van der Waals surface area contributed by atoms with Crippen LogP contribution in [-0.2, 0) is 13.4 Å². The highest BCUT2D eigenvalue weighted by Gasteiger charge is 2.12. The van der Waals surface area contributed by atoms with Crippen molar-refractivity contribution in [2.45, 2.75) is 34.1 Å². The second-order valence-electron chi connectivity index (χ2n) is 4.54. The molecule has 1 nitrogen and oxygen atoms in total. The third-order valence-corrected chi connectivity index (χ3v) is 1.92. The summed E-state index contributed by atoms with van der Waals surface area (Å²) in [6, 6.07) is 3.78. The fourth-order valence-corrected chi connectivity index (χ4v) is 1.20. The molecule has 0 saturated heterocycles. The van der Waals surface area contributed by atoms with Crippen LogP contribution >= 0.6 is 0 Å². The van der Waals surface area contributed by atoms with E-state index in [1.54, 1.807) is 0 Å². The van der Waals surface area contributed by atoms with Gasteiger partial charge in [-0.2, -0.15) is 0 Å². The van der Waals surface area contributed by atoms with Crippen LogP contribution in [-0.4, -0.2) is 0 Å². The third kappa shape index (κ3) is 3.17. The van der Waals surface area contributed by atoms with Crippen molar-refractivity contribution in [3.63, 3.8) is 0 Å². The normalized spacial score (nSPS) is 15.2. The van der Waals surface area contributed by atoms with Crippen LogP contribution < -0.4 is 4.57 Å². The van der Waals surface area contributed by atoms with E-state index in [1.807, 2.05) is 57.6 Å². The first-order valence-corrected chi connectivity index (χ1v) is 4.63. The molecular weight excluding hydrogens is 158 g/mol. The topological polar surface area (TPSA) is 3.88 Å². The molecule has 0 aliphatic heterocycles. The Balaban J connectivity index is 3.22. The van der Waals surface area contributed by atoms with Gasteiger partial charge >= 0.3 is 0 Å². The number of aryl methyl sites for hydroxylation is 2. The van der Waals surface area contributed by atoms with Crippen molar-refractivity contribution in [1.82, 2.24) is 0 Å². The van der Waals surface area contributed by atoms with Crippen LogP contribution in [0.1, 0.15) is 34.8 Å². The smallest absolute Gasteiger partial charge is 0.178 e. The molecule has 0 amide bonds. The van der Waals surface area contributed by atoms with Crippen LogP contribution in [0.5, 0.6) is 0 Å². The predicted molar refractivity (Wildman–Crippen MR) is 55.5 cm³/mol. The summed E-state index contributed by atoms with van der Waals surface area (Å²) >= 11 is 0. The highest BCUT2D eigenvalue weighted by atomic mass is 14.9. The van der Waals surface area contributed by atoms with Crippen LogP contribution in [0.3, 0.4) is 0 Å². The van der Waals surface area contributed by atoms with Crippen LogP contribution in [0.2, 0.25) is 0 Å². The fourth-order valence-electron chi connectivity index (χ4n) is 1.20. The lowest BCUT2D eigenvalue weighted by Gasteiger charge is -2.17. The van der Waals surface area contributed by atoms with Crippen LogP contribution in [0.15, 0.2) is 18.3 Å². The van der Waals surface area contributed by atoms with Crippen LogP contribution in [0.25, 0.3) is 0 Å². The van der Waals surface area contributed by atoms with Gasteiger partial charge in [0.2, 0.25) is 0 Å². The standard InChI is InChI=1S/C12H20N/c1-10-8-11(6-7-13(10)5)9-12(2,3)4/h6-8H,9H2,1-5H3/q+1/i9D2. The zero-order valence-electron chi connectivity index (χ0n) is 11.2. The third-order valence-electron chi connectivity index (χ3n) is 1.92. The largest absolute Gasteiger partial charge is 0.205 e. The summed E-state index contributed by atoms with van der Waals surface area (Å²) in [6.45, 7) is 7.77. The first-order valence-electron chi connectivity index (χ1n) is 5.63. The van der Waals surface area contributed by atoms with E-state index in [2.05, 4.69) is 0 Å². The molecule has 1 heterocycles. The van der Waals surface area contributed by atoms with Crippen molar-refractivity contribution < 1.29 is 7.31 Å². The molecule has 1 heteroatoms. The van der Waals surface area contributed by atoms with Gasteiger partial charge in [0.25, 0.3) is 0 Å². The van der Waals surface area contributed by atoms with E-state index in [1.165, 1.54) is 0 Å². The van der Waals surface area contributed by atoms with E-state index < -0.39 is 6.37 Å². The Hall–Kier alpha value is -0.850. The van der Waals surface area contributed by atoms with Crippen molar-refractivity contribution in [1.29, 1.82) is 0 Å². The van der Waals surface area contributed by atoms with Gasteiger partial charge in [-0.3, -0.25) is 0 Å². The summed E-state index contributed by atoms with van der Waals surface area (Å²) < 4.78 is 18.3. The van der Waals surface area contributed by atoms with E-state index >= 15 is 0 Å². The molecule has 0 saturated carbocycles. The van der Waals surface area contributed by atoms with Crippen molar-refractivity contribution in [2.75, 3.05) is 0 Å². The van der Waals surface area contributed by atoms with Gasteiger partial charge in [0.15, 0.2) is 11.9 Å². The lowest BCUT2D eigenvalue weighted by atomic mass is 9.88. The molecule has 0 fully saturated rings. The molecule has 0 aromatic carbocycles. The second kappa shape index (κ2) is 3.49. The Morgan fingerprint density at radius 1 is 1.46 bits per heavy atom. The molecule has 0 aliphatic carbocycles. The Kier molecular flexibility index (Phi) is 2.02. The van der Waals surface area contributed by atoms with E-state index in [0.29, 0.717) is 0 Å². The van der Waals surface area contributed by atoms with E-state index in [0.717, 1.165) is 11.3 Å². The minimum atomic E-state index is -1.30. The summed E-state index contributed by atoms with van der Waals surface area (Å²) in [5.74, 6) is 0. The van der Waals surface area contributed by atoms with Crippen molar-refractivity contribution in [2.24, 2.45) is 12.5 Å². The van der Waals surface area contributed by atoms with Gasteiger partial charge in [-0.05, 0) is 17.4 Å². The van der Waals surface area contributed by atoms with Crippen LogP contribution in [0, 0.1) is 12.3 Å². The van der Waals surface area contributed by atoms with Crippen LogP contribution in [0.4, 0.5) is 0 Å². The Morgan fingerprint density at radius 2 is 2.08 bits per heavy atom. The predicted octanol–water partition coefficient (Wildman–Crippen LogP) is 2.41. The zero-order valence-corrected chi connectivity index (χ0v) is 9.18. The number of hydrogen-bond acceptors (Lipinski definition) is 0. The van der Waals surface area contributed by atoms with Gasteiger partial charge in [-0.15, -0.1) is 0 Å². The number of rotatable bonds is 1. The zero-order chi connectivity index (χ0) is 11.9. The maximum atomic E-state index is 8.14. The molecule has 13 heavy (non-hydrogen) atoms. The molecule has 72 valence electrons. The first kappa shape index (κ1) is 7.54. The van der Waals surface area contributed by atoms with Gasteiger partial charge in [-0.25, -0.2) is 4.57 Å². The Labute approximate surface area is 84.2 Å². The minimum absolute atomic E-state index is 0.390. The summed E-state index contributed by atoms with van der Waals surface area (Å²) in [7, 11) is 1.96. The monoisotopic (exact) mass is 180 g/mol. The Morgan fingerprint density at radius 3 is 2.54 bits per heavy atom. The average molecular weight is 180 g/mol. The molecular formula is C12H20N+. The number of nitrogens with zero attached hydrogens (tertiary/aromatic N) is 1. The fraction of sp³-hybridized carbons (Fsp3) is 0.583. The maximum absolute atomic E-state index is 8.14. The molecule has 0 spiro atoms. The quantitative estimate of drug-likeness (QED) is 0.584. The van der Waals surface area contributed by atoms with E-state index in [4.69, 9.17) is 2.74 Å². The lowest BCUT2D eigenvalue weighted by molar-refractivity contribution is -0.677. The highest BCUT2D eigenvalue weighted by molar-refractivity contribution is 5.13. The van der Waals surface area contributed by atoms with Gasteiger partial charge < -0.3 is 0 Å². The molecule has 1 rings (SSSR count). The van der Waals surface area contributed by atoms with Gasteiger partial charge in [-0.1, -0.05) is 20.8 Å².